The first-order chi connectivity index (χ1) is 21.4. The van der Waals surface area contributed by atoms with Gasteiger partial charge in [0.05, 0.1) is 88.6 Å². The number of benzene rings is 3. The number of nitrogens with one attached hydrogen (secondary N) is 1. The lowest BCUT2D eigenvalue weighted by atomic mass is 10.1. The predicted octanol–water partition coefficient (Wildman–Crippen LogP) is 3.65. The third-order valence-corrected chi connectivity index (χ3v) is 7.65. The Labute approximate surface area is 275 Å². The molecule has 3 rings (SSSR count). The van der Waals surface area contributed by atoms with E-state index in [1.165, 1.54) is 0 Å². The van der Waals surface area contributed by atoms with Gasteiger partial charge in [-0.2, -0.15) is 0 Å². The second kappa shape index (κ2) is 15.5. The van der Waals surface area contributed by atoms with Gasteiger partial charge in [0.15, 0.2) is 19.3 Å². The summed E-state index contributed by atoms with van der Waals surface area (Å²) in [5, 5.41) is 34.7. The molecule has 3 aromatic carbocycles. The Bertz CT molecular complexity index is 1560. The summed E-state index contributed by atoms with van der Waals surface area (Å²) in [4.78, 5) is 9.15. The fraction of sp³-hybridized carbons (Fsp3) is 0.417. The van der Waals surface area contributed by atoms with Gasteiger partial charge in [0.2, 0.25) is 0 Å². The minimum Gasteiger partial charge on any atom is -0.507 e. The zero-order chi connectivity index (χ0) is 34.1. The summed E-state index contributed by atoms with van der Waals surface area (Å²) >= 11 is 0. The Hall–Kier alpha value is -4.09. The van der Waals surface area contributed by atoms with E-state index in [0.717, 1.165) is 22.6 Å². The molecule has 10 nitrogen and oxygen atoms in total. The second-order valence-electron chi connectivity index (χ2n) is 14.3. The summed E-state index contributed by atoms with van der Waals surface area (Å²) in [6, 6.07) is 16.9. The highest BCUT2D eigenvalue weighted by Crippen LogP contribution is 2.26. The van der Waals surface area contributed by atoms with Gasteiger partial charge in [0, 0.05) is 66.5 Å². The van der Waals surface area contributed by atoms with E-state index in [9.17, 15) is 15.3 Å². The van der Waals surface area contributed by atoms with E-state index >= 15 is 0 Å². The highest BCUT2D eigenvalue weighted by Gasteiger charge is 2.17. The molecule has 0 unspecified atom stereocenters. The SMILES string of the molecule is C[N+](C)(C)c1ccc(O)c(C=NCCNCC[N+](=Cc2cc([N+](C)(C)C)ccc2O)CCN=Cc2cc([N+](C)(C)C)ccc2O)c1. The molecule has 4 N–H and O–H groups in total. The number of aromatic hydroxyl groups is 3. The van der Waals surface area contributed by atoms with Gasteiger partial charge < -0.3 is 20.6 Å². The van der Waals surface area contributed by atoms with Crippen LogP contribution in [0, 0.1) is 0 Å². The molecule has 0 fully saturated rings. The topological polar surface area (TPSA) is 100 Å². The van der Waals surface area contributed by atoms with Gasteiger partial charge >= 0.3 is 0 Å². The van der Waals surface area contributed by atoms with E-state index < -0.39 is 0 Å². The molecule has 0 saturated carbocycles. The van der Waals surface area contributed by atoms with Crippen molar-refractivity contribution >= 4 is 35.7 Å². The predicted molar refractivity (Wildman–Crippen MR) is 196 cm³/mol. The summed E-state index contributed by atoms with van der Waals surface area (Å²) in [7, 11) is 18.8. The number of phenolic OH excluding ortho intramolecular Hbond substituents is 3. The summed E-state index contributed by atoms with van der Waals surface area (Å²) < 4.78 is 4.09. The first-order valence-corrected chi connectivity index (χ1v) is 15.7. The fourth-order valence-corrected chi connectivity index (χ4v) is 4.63. The van der Waals surface area contributed by atoms with E-state index in [-0.39, 0.29) is 17.2 Å². The minimum absolute atomic E-state index is 0.203. The lowest BCUT2D eigenvalue weighted by Crippen LogP contribution is -2.34. The van der Waals surface area contributed by atoms with Crippen LogP contribution >= 0.6 is 0 Å². The number of quaternary nitrogens is 3. The number of aliphatic imine (C=N–C) groups is 2. The third kappa shape index (κ3) is 11.1. The minimum atomic E-state index is 0.203. The van der Waals surface area contributed by atoms with Crippen molar-refractivity contribution in [3.63, 3.8) is 0 Å². The molecule has 3 aromatic rings. The van der Waals surface area contributed by atoms with Crippen molar-refractivity contribution in [1.29, 1.82) is 0 Å². The molecule has 0 aromatic heterocycles. The zero-order valence-corrected chi connectivity index (χ0v) is 29.2. The van der Waals surface area contributed by atoms with Crippen LogP contribution in [0.1, 0.15) is 16.7 Å². The summed E-state index contributed by atoms with van der Waals surface area (Å²) in [6.07, 6.45) is 5.44. The molecule has 0 aliphatic heterocycles. The highest BCUT2D eigenvalue weighted by molar-refractivity contribution is 5.86. The Kier molecular flexibility index (Phi) is 12.2. The number of nitrogens with zero attached hydrogens (tertiary/aromatic N) is 6. The molecule has 0 saturated heterocycles. The van der Waals surface area contributed by atoms with Crippen LogP contribution in [0.3, 0.4) is 0 Å². The van der Waals surface area contributed by atoms with Crippen LogP contribution in [0.2, 0.25) is 0 Å². The third-order valence-electron chi connectivity index (χ3n) is 7.65. The monoisotopic (exact) mass is 633 g/mol. The van der Waals surface area contributed by atoms with E-state index in [1.54, 1.807) is 30.6 Å². The van der Waals surface area contributed by atoms with Crippen LogP contribution < -0.4 is 18.8 Å². The average Bonchev–Trinajstić information content (AvgIpc) is 2.95. The van der Waals surface area contributed by atoms with Crippen molar-refractivity contribution in [3.8, 4) is 17.2 Å². The zero-order valence-electron chi connectivity index (χ0n) is 29.2. The number of hydrogen-bond donors (Lipinski definition) is 4. The number of phenols is 3. The smallest absolute Gasteiger partial charge is 0.174 e. The molecule has 0 radical (unpaired) electrons. The molecule has 46 heavy (non-hydrogen) atoms. The summed E-state index contributed by atoms with van der Waals surface area (Å²) in [5.74, 6) is 0.652. The maximum Gasteiger partial charge on any atom is 0.174 e. The van der Waals surface area contributed by atoms with Gasteiger partial charge in [0.25, 0.3) is 0 Å². The highest BCUT2D eigenvalue weighted by atomic mass is 16.3. The Morgan fingerprint density at radius 3 is 1.43 bits per heavy atom. The normalized spacial score (nSPS) is 13.3. The largest absolute Gasteiger partial charge is 0.507 e. The standard InChI is InChI=1S/C36H52N7O3/c1-41(2,3)31-10-13-34(44)28(22-31)25-38-17-16-37-18-20-40(27-30-24-33(43(7,8)9)12-15-36(30)46)21-19-39-26-29-23-32(42(4,5)6)11-14-35(29)45/h10-15,22-27,37H,16-21H2,1-9H3/q+1/p+3. The first kappa shape index (κ1) is 36.4. The van der Waals surface area contributed by atoms with Crippen LogP contribution in [-0.4, -0.2) is 141 Å². The van der Waals surface area contributed by atoms with Gasteiger partial charge in [-0.15, -0.1) is 0 Å². The van der Waals surface area contributed by atoms with Crippen LogP contribution in [0.4, 0.5) is 17.1 Å². The van der Waals surface area contributed by atoms with Crippen molar-refractivity contribution in [3.05, 3.63) is 71.3 Å². The van der Waals surface area contributed by atoms with Crippen molar-refractivity contribution in [2.24, 2.45) is 9.98 Å². The van der Waals surface area contributed by atoms with E-state index in [4.69, 9.17) is 0 Å². The van der Waals surface area contributed by atoms with Gasteiger partial charge in [0.1, 0.15) is 34.3 Å². The second-order valence-corrected chi connectivity index (χ2v) is 14.3. The quantitative estimate of drug-likeness (QED) is 0.0889. The lowest BCUT2D eigenvalue weighted by molar-refractivity contribution is -0.518. The van der Waals surface area contributed by atoms with Crippen molar-refractivity contribution in [2.75, 3.05) is 103 Å². The van der Waals surface area contributed by atoms with Gasteiger partial charge in [-0.3, -0.25) is 23.4 Å². The van der Waals surface area contributed by atoms with E-state index in [2.05, 4.69) is 83.3 Å². The Morgan fingerprint density at radius 2 is 0.978 bits per heavy atom. The Morgan fingerprint density at radius 1 is 0.565 bits per heavy atom. The van der Waals surface area contributed by atoms with Crippen LogP contribution in [0.5, 0.6) is 17.2 Å². The van der Waals surface area contributed by atoms with Gasteiger partial charge in [-0.25, -0.2) is 4.58 Å². The summed E-state index contributed by atoms with van der Waals surface area (Å²) in [5.41, 5.74) is 5.40. The number of hydrogen-bond acceptors (Lipinski definition) is 6. The molecule has 0 aliphatic carbocycles. The molecule has 248 valence electrons. The molecule has 0 amide bonds. The molecule has 0 aliphatic rings. The molecule has 0 bridgehead atoms. The fourth-order valence-electron chi connectivity index (χ4n) is 4.63. The maximum atomic E-state index is 10.7. The van der Waals surface area contributed by atoms with Crippen molar-refractivity contribution < 1.29 is 19.9 Å². The number of rotatable bonds is 15. The molecule has 0 atom stereocenters. The van der Waals surface area contributed by atoms with E-state index in [1.807, 2.05) is 42.6 Å². The van der Waals surface area contributed by atoms with Crippen LogP contribution in [-0.2, 0) is 0 Å². The molecule has 10 heteroatoms. The molecular formula is C36H55N7O3+4. The van der Waals surface area contributed by atoms with Crippen LogP contribution in [0.15, 0.2) is 64.6 Å². The van der Waals surface area contributed by atoms with Crippen LogP contribution in [0.25, 0.3) is 0 Å². The molecular weight excluding hydrogens is 578 g/mol. The summed E-state index contributed by atoms with van der Waals surface area (Å²) in [6.45, 7) is 3.80. The van der Waals surface area contributed by atoms with Crippen molar-refractivity contribution in [1.82, 2.24) is 18.8 Å². The van der Waals surface area contributed by atoms with Gasteiger partial charge in [-0.1, -0.05) is 0 Å². The molecule has 0 spiro atoms. The van der Waals surface area contributed by atoms with Gasteiger partial charge in [-0.05, 0) is 18.2 Å². The Balaban J connectivity index is 1.67. The lowest BCUT2D eigenvalue weighted by Gasteiger charge is -2.23. The van der Waals surface area contributed by atoms with Crippen molar-refractivity contribution in [2.45, 2.75) is 0 Å². The first-order valence-electron chi connectivity index (χ1n) is 15.7. The maximum absolute atomic E-state index is 10.7. The van der Waals surface area contributed by atoms with E-state index in [0.29, 0.717) is 63.8 Å². The average molecular weight is 634 g/mol. The molecule has 0 heterocycles.